The lowest BCUT2D eigenvalue weighted by Gasteiger charge is -2.18. The molecule has 20 heavy (non-hydrogen) atoms. The number of rotatable bonds is 5. The van der Waals surface area contributed by atoms with Gasteiger partial charge in [0.05, 0.1) is 17.8 Å². The van der Waals surface area contributed by atoms with Crippen molar-refractivity contribution in [2.75, 3.05) is 17.6 Å². The van der Waals surface area contributed by atoms with E-state index in [-0.39, 0.29) is 11.6 Å². The highest BCUT2D eigenvalue weighted by atomic mass is 19.4. The standard InChI is InChI=1S/C13H18F3N3O/c1-3-18-12(20)9-4-5-11(10(17)6-9)19-8(2)7-13(14,15)16/h4-6,8,19H,3,7,17H2,1-2H3,(H,18,20). The van der Waals surface area contributed by atoms with E-state index in [1.54, 1.807) is 6.92 Å². The lowest BCUT2D eigenvalue weighted by Crippen LogP contribution is -2.25. The van der Waals surface area contributed by atoms with Crippen molar-refractivity contribution in [2.45, 2.75) is 32.5 Å². The molecule has 0 radical (unpaired) electrons. The molecule has 0 aliphatic rings. The van der Waals surface area contributed by atoms with E-state index >= 15 is 0 Å². The van der Waals surface area contributed by atoms with Gasteiger partial charge in [-0.25, -0.2) is 0 Å². The first-order valence-electron chi connectivity index (χ1n) is 6.24. The Kier molecular flexibility index (Phi) is 5.24. The topological polar surface area (TPSA) is 67.2 Å². The molecule has 112 valence electrons. The minimum atomic E-state index is -4.23. The number of carbonyl (C=O) groups is 1. The molecule has 0 fully saturated rings. The third kappa shape index (κ3) is 4.99. The fourth-order valence-electron chi connectivity index (χ4n) is 1.76. The molecule has 0 bridgehead atoms. The lowest BCUT2D eigenvalue weighted by atomic mass is 10.1. The number of carbonyl (C=O) groups excluding carboxylic acids is 1. The fourth-order valence-corrected chi connectivity index (χ4v) is 1.76. The number of nitrogens with two attached hydrogens (primary N) is 1. The highest BCUT2D eigenvalue weighted by molar-refractivity contribution is 5.96. The molecule has 0 spiro atoms. The van der Waals surface area contributed by atoms with Crippen LogP contribution in [0.25, 0.3) is 0 Å². The smallest absolute Gasteiger partial charge is 0.391 e. The van der Waals surface area contributed by atoms with Gasteiger partial charge < -0.3 is 16.4 Å². The molecule has 1 aromatic carbocycles. The highest BCUT2D eigenvalue weighted by Gasteiger charge is 2.30. The first-order valence-corrected chi connectivity index (χ1v) is 6.24. The summed E-state index contributed by atoms with van der Waals surface area (Å²) in [5.41, 5.74) is 6.74. The third-order valence-electron chi connectivity index (χ3n) is 2.59. The fraction of sp³-hybridized carbons (Fsp3) is 0.462. The van der Waals surface area contributed by atoms with Gasteiger partial charge in [0.25, 0.3) is 5.91 Å². The Labute approximate surface area is 115 Å². The van der Waals surface area contributed by atoms with Crippen molar-refractivity contribution in [2.24, 2.45) is 0 Å². The van der Waals surface area contributed by atoms with Crippen LogP contribution in [0.2, 0.25) is 0 Å². The summed E-state index contributed by atoms with van der Waals surface area (Å²) in [6, 6.07) is 3.66. The van der Waals surface area contributed by atoms with Gasteiger partial charge in [-0.05, 0) is 32.0 Å². The van der Waals surface area contributed by atoms with Gasteiger partial charge in [-0.3, -0.25) is 4.79 Å². The second-order valence-electron chi connectivity index (χ2n) is 4.53. The predicted octanol–water partition coefficient (Wildman–Crippen LogP) is 2.77. The first-order chi connectivity index (χ1) is 9.23. The summed E-state index contributed by atoms with van der Waals surface area (Å²) in [5.74, 6) is -0.269. The van der Waals surface area contributed by atoms with Crippen molar-refractivity contribution in [3.63, 3.8) is 0 Å². The van der Waals surface area contributed by atoms with Gasteiger partial charge in [0.1, 0.15) is 0 Å². The molecule has 1 atom stereocenters. The number of halogens is 3. The average Bonchev–Trinajstić information content (AvgIpc) is 2.29. The van der Waals surface area contributed by atoms with Gasteiger partial charge >= 0.3 is 6.18 Å². The predicted molar refractivity (Wildman–Crippen MR) is 72.6 cm³/mol. The molecule has 0 aromatic heterocycles. The normalized spacial score (nSPS) is 12.8. The minimum absolute atomic E-state index is 0.239. The van der Waals surface area contributed by atoms with Crippen LogP contribution in [-0.4, -0.2) is 24.7 Å². The maximum Gasteiger partial charge on any atom is 0.391 e. The van der Waals surface area contributed by atoms with E-state index in [1.807, 2.05) is 0 Å². The van der Waals surface area contributed by atoms with Crippen molar-refractivity contribution in [1.29, 1.82) is 0 Å². The summed E-state index contributed by atoms with van der Waals surface area (Å²) in [4.78, 5) is 11.6. The van der Waals surface area contributed by atoms with Crippen molar-refractivity contribution >= 4 is 17.3 Å². The zero-order valence-electron chi connectivity index (χ0n) is 11.3. The Morgan fingerprint density at radius 1 is 1.40 bits per heavy atom. The Morgan fingerprint density at radius 3 is 2.55 bits per heavy atom. The molecule has 7 heteroatoms. The maximum absolute atomic E-state index is 12.2. The Balaban J connectivity index is 2.76. The number of alkyl halides is 3. The summed E-state index contributed by atoms with van der Waals surface area (Å²) in [7, 11) is 0. The van der Waals surface area contributed by atoms with E-state index in [9.17, 15) is 18.0 Å². The van der Waals surface area contributed by atoms with E-state index in [1.165, 1.54) is 25.1 Å². The van der Waals surface area contributed by atoms with E-state index in [0.29, 0.717) is 17.8 Å². The van der Waals surface area contributed by atoms with E-state index in [2.05, 4.69) is 10.6 Å². The van der Waals surface area contributed by atoms with Gasteiger partial charge in [-0.1, -0.05) is 0 Å². The largest absolute Gasteiger partial charge is 0.397 e. The second-order valence-corrected chi connectivity index (χ2v) is 4.53. The Hall–Kier alpha value is -1.92. The van der Waals surface area contributed by atoms with Crippen LogP contribution >= 0.6 is 0 Å². The van der Waals surface area contributed by atoms with E-state index in [4.69, 9.17) is 5.73 Å². The van der Waals surface area contributed by atoms with Crippen molar-refractivity contribution < 1.29 is 18.0 Å². The maximum atomic E-state index is 12.2. The number of nitrogens with one attached hydrogen (secondary N) is 2. The van der Waals surface area contributed by atoms with Crippen LogP contribution in [0.3, 0.4) is 0 Å². The molecule has 0 saturated carbocycles. The zero-order chi connectivity index (χ0) is 15.3. The van der Waals surface area contributed by atoms with Gasteiger partial charge in [-0.15, -0.1) is 0 Å². The molecule has 1 amide bonds. The van der Waals surface area contributed by atoms with E-state index in [0.717, 1.165) is 0 Å². The van der Waals surface area contributed by atoms with Crippen molar-refractivity contribution in [1.82, 2.24) is 5.32 Å². The molecule has 1 aromatic rings. The van der Waals surface area contributed by atoms with Gasteiger partial charge in [-0.2, -0.15) is 13.2 Å². The summed E-state index contributed by atoms with van der Waals surface area (Å²) in [6.07, 6.45) is -5.19. The van der Waals surface area contributed by atoms with Crippen LogP contribution in [0.4, 0.5) is 24.5 Å². The highest BCUT2D eigenvalue weighted by Crippen LogP contribution is 2.26. The molecule has 4 nitrogen and oxygen atoms in total. The lowest BCUT2D eigenvalue weighted by molar-refractivity contribution is -0.136. The van der Waals surface area contributed by atoms with Crippen LogP contribution in [0.1, 0.15) is 30.6 Å². The van der Waals surface area contributed by atoms with Gasteiger partial charge in [0.15, 0.2) is 0 Å². The summed E-state index contributed by atoms with van der Waals surface area (Å²) in [6.45, 7) is 3.70. The number of amides is 1. The van der Waals surface area contributed by atoms with Crippen LogP contribution < -0.4 is 16.4 Å². The zero-order valence-corrected chi connectivity index (χ0v) is 11.3. The first kappa shape index (κ1) is 16.1. The van der Waals surface area contributed by atoms with Crippen LogP contribution in [0.5, 0.6) is 0 Å². The van der Waals surface area contributed by atoms with Crippen LogP contribution in [-0.2, 0) is 0 Å². The number of anilines is 2. The summed E-state index contributed by atoms with van der Waals surface area (Å²) in [5, 5.41) is 5.30. The molecule has 0 heterocycles. The van der Waals surface area contributed by atoms with Crippen molar-refractivity contribution in [3.05, 3.63) is 23.8 Å². The monoisotopic (exact) mass is 289 g/mol. The third-order valence-corrected chi connectivity index (χ3v) is 2.59. The van der Waals surface area contributed by atoms with Gasteiger partial charge in [0.2, 0.25) is 0 Å². The molecule has 4 N–H and O–H groups in total. The number of hydrogen-bond acceptors (Lipinski definition) is 3. The SMILES string of the molecule is CCNC(=O)c1ccc(NC(C)CC(F)(F)F)c(N)c1. The molecule has 0 aliphatic heterocycles. The van der Waals surface area contributed by atoms with Crippen LogP contribution in [0, 0.1) is 0 Å². The molecule has 1 unspecified atom stereocenters. The molecule has 0 saturated heterocycles. The quantitative estimate of drug-likeness (QED) is 0.730. The number of nitrogen functional groups attached to an aromatic ring is 1. The Bertz CT molecular complexity index is 474. The van der Waals surface area contributed by atoms with Gasteiger partial charge in [0, 0.05) is 18.2 Å². The summed E-state index contributed by atoms with van der Waals surface area (Å²) >= 11 is 0. The van der Waals surface area contributed by atoms with E-state index < -0.39 is 18.6 Å². The molecular weight excluding hydrogens is 271 g/mol. The van der Waals surface area contributed by atoms with Crippen molar-refractivity contribution in [3.8, 4) is 0 Å². The molecule has 1 rings (SSSR count). The minimum Gasteiger partial charge on any atom is -0.397 e. The average molecular weight is 289 g/mol. The number of benzene rings is 1. The molecular formula is C13H18F3N3O. The molecule has 0 aliphatic carbocycles. The second kappa shape index (κ2) is 6.49. The number of hydrogen-bond donors (Lipinski definition) is 3. The Morgan fingerprint density at radius 2 is 2.05 bits per heavy atom. The summed E-state index contributed by atoms with van der Waals surface area (Å²) < 4.78 is 36.7. The van der Waals surface area contributed by atoms with Crippen LogP contribution in [0.15, 0.2) is 18.2 Å².